The number of guanidine groups is 1. The second-order valence-corrected chi connectivity index (χ2v) is 7.80. The van der Waals surface area contributed by atoms with Gasteiger partial charge in [0.15, 0.2) is 5.96 Å². The van der Waals surface area contributed by atoms with E-state index in [1.165, 1.54) is 12.8 Å². The van der Waals surface area contributed by atoms with Gasteiger partial charge in [-0.05, 0) is 66.5 Å². The first-order chi connectivity index (χ1) is 11.3. The summed E-state index contributed by atoms with van der Waals surface area (Å²) in [5.74, 6) is 3.35. The normalized spacial score (nSPS) is 18.0. The van der Waals surface area contributed by atoms with Gasteiger partial charge in [0.1, 0.15) is 5.76 Å². The van der Waals surface area contributed by atoms with Crippen LogP contribution in [0.4, 0.5) is 0 Å². The van der Waals surface area contributed by atoms with Crippen LogP contribution in [0.15, 0.2) is 9.41 Å². The predicted octanol–water partition coefficient (Wildman–Crippen LogP) is 2.47. The molecule has 1 aromatic rings. The van der Waals surface area contributed by atoms with Crippen molar-refractivity contribution in [1.29, 1.82) is 0 Å². The third-order valence-electron chi connectivity index (χ3n) is 4.41. The van der Waals surface area contributed by atoms with Gasteiger partial charge in [0.2, 0.25) is 5.89 Å². The van der Waals surface area contributed by atoms with Crippen LogP contribution in [0.3, 0.4) is 0 Å². The zero-order chi connectivity index (χ0) is 17.7. The number of aromatic nitrogens is 1. The number of aryl methyl sites for hydroxylation is 2. The van der Waals surface area contributed by atoms with Gasteiger partial charge in [0.05, 0.1) is 12.2 Å². The van der Waals surface area contributed by atoms with Crippen molar-refractivity contribution in [1.82, 2.24) is 20.5 Å². The van der Waals surface area contributed by atoms with Crippen LogP contribution in [0.2, 0.25) is 0 Å². The highest BCUT2D eigenvalue weighted by molar-refractivity contribution is 5.80. The van der Waals surface area contributed by atoms with E-state index >= 15 is 0 Å². The number of aliphatic imine (C=N–C) groups is 1. The Morgan fingerprint density at radius 1 is 1.29 bits per heavy atom. The Balaban J connectivity index is 1.72. The summed E-state index contributed by atoms with van der Waals surface area (Å²) < 4.78 is 5.69. The Kier molecular flexibility index (Phi) is 6.27. The zero-order valence-corrected chi connectivity index (χ0v) is 16.1. The average molecular weight is 335 g/mol. The molecule has 0 saturated carbocycles. The van der Waals surface area contributed by atoms with Crippen LogP contribution in [0, 0.1) is 19.8 Å². The van der Waals surface area contributed by atoms with Crippen molar-refractivity contribution in [2.45, 2.75) is 59.5 Å². The summed E-state index contributed by atoms with van der Waals surface area (Å²) in [4.78, 5) is 11.2. The lowest BCUT2D eigenvalue weighted by Gasteiger charge is -2.32. The van der Waals surface area contributed by atoms with Gasteiger partial charge < -0.3 is 15.1 Å². The SMILES string of the molecule is CN=C(NCC1CCN(Cc2nc(C)c(C)o2)CC1)NC(C)(C)C. The molecular weight excluding hydrogens is 302 g/mol. The van der Waals surface area contributed by atoms with E-state index in [2.05, 4.69) is 46.3 Å². The molecule has 2 N–H and O–H groups in total. The number of nitrogens with zero attached hydrogens (tertiary/aromatic N) is 3. The predicted molar refractivity (Wildman–Crippen MR) is 98.2 cm³/mol. The number of nitrogens with one attached hydrogen (secondary N) is 2. The smallest absolute Gasteiger partial charge is 0.208 e. The van der Waals surface area contributed by atoms with Gasteiger partial charge in [-0.25, -0.2) is 4.98 Å². The van der Waals surface area contributed by atoms with Crippen molar-refractivity contribution in [3.63, 3.8) is 0 Å². The molecule has 1 aliphatic rings. The highest BCUT2D eigenvalue weighted by Crippen LogP contribution is 2.19. The van der Waals surface area contributed by atoms with E-state index in [0.29, 0.717) is 5.92 Å². The summed E-state index contributed by atoms with van der Waals surface area (Å²) in [5.41, 5.74) is 1.03. The second kappa shape index (κ2) is 8.01. The molecule has 0 aliphatic carbocycles. The lowest BCUT2D eigenvalue weighted by Crippen LogP contribution is -2.49. The Hall–Kier alpha value is -1.56. The van der Waals surface area contributed by atoms with E-state index in [9.17, 15) is 0 Å². The molecule has 1 aliphatic heterocycles. The minimum atomic E-state index is 0.0253. The highest BCUT2D eigenvalue weighted by Gasteiger charge is 2.21. The van der Waals surface area contributed by atoms with Crippen molar-refractivity contribution in [3.8, 4) is 0 Å². The van der Waals surface area contributed by atoms with E-state index < -0.39 is 0 Å². The van der Waals surface area contributed by atoms with Crippen LogP contribution in [0.1, 0.15) is 51.0 Å². The van der Waals surface area contributed by atoms with Gasteiger partial charge in [-0.15, -0.1) is 0 Å². The van der Waals surface area contributed by atoms with E-state index in [0.717, 1.165) is 49.5 Å². The molecule has 136 valence electrons. The molecule has 1 aromatic heterocycles. The molecule has 1 saturated heterocycles. The maximum absolute atomic E-state index is 5.69. The molecule has 0 spiro atoms. The topological polar surface area (TPSA) is 65.7 Å². The molecule has 2 heterocycles. The third-order valence-corrected chi connectivity index (χ3v) is 4.41. The molecule has 0 radical (unpaired) electrons. The minimum Gasteiger partial charge on any atom is -0.444 e. The molecule has 1 fully saturated rings. The van der Waals surface area contributed by atoms with Gasteiger partial charge in [-0.2, -0.15) is 0 Å². The van der Waals surface area contributed by atoms with Crippen LogP contribution in [-0.4, -0.2) is 48.1 Å². The van der Waals surface area contributed by atoms with Crippen molar-refractivity contribution >= 4 is 5.96 Å². The van der Waals surface area contributed by atoms with E-state index in [1.54, 1.807) is 0 Å². The first-order valence-electron chi connectivity index (χ1n) is 8.91. The quantitative estimate of drug-likeness (QED) is 0.654. The van der Waals surface area contributed by atoms with Crippen molar-refractivity contribution in [2.24, 2.45) is 10.9 Å². The standard InChI is InChI=1S/C18H33N5O/c1-13-14(2)24-16(21-13)12-23-9-7-15(8-10-23)11-20-17(19-6)22-18(3,4)5/h15H,7-12H2,1-6H3,(H2,19,20,22). The molecule has 0 unspecified atom stereocenters. The monoisotopic (exact) mass is 335 g/mol. The summed E-state index contributed by atoms with van der Waals surface area (Å²) in [5, 5.41) is 6.86. The number of hydrogen-bond acceptors (Lipinski definition) is 4. The molecule has 0 amide bonds. The molecule has 24 heavy (non-hydrogen) atoms. The number of piperidine rings is 1. The molecule has 6 nitrogen and oxygen atoms in total. The average Bonchev–Trinajstić information content (AvgIpc) is 2.82. The fourth-order valence-electron chi connectivity index (χ4n) is 2.92. The number of rotatable bonds is 4. The van der Waals surface area contributed by atoms with Gasteiger partial charge in [-0.1, -0.05) is 0 Å². The maximum atomic E-state index is 5.69. The fraction of sp³-hybridized carbons (Fsp3) is 0.778. The Bertz CT molecular complexity index is 531. The molecular formula is C18H33N5O. The van der Waals surface area contributed by atoms with Crippen LogP contribution in [0.25, 0.3) is 0 Å². The van der Waals surface area contributed by atoms with Crippen LogP contribution < -0.4 is 10.6 Å². The number of oxazole rings is 1. The van der Waals surface area contributed by atoms with Crippen LogP contribution >= 0.6 is 0 Å². The maximum Gasteiger partial charge on any atom is 0.208 e. The number of likely N-dealkylation sites (tertiary alicyclic amines) is 1. The van der Waals surface area contributed by atoms with Gasteiger partial charge in [0, 0.05) is 19.1 Å². The fourth-order valence-corrected chi connectivity index (χ4v) is 2.92. The van der Waals surface area contributed by atoms with Crippen LogP contribution in [-0.2, 0) is 6.54 Å². The minimum absolute atomic E-state index is 0.0253. The zero-order valence-electron chi connectivity index (χ0n) is 16.1. The second-order valence-electron chi connectivity index (χ2n) is 7.80. The lowest BCUT2D eigenvalue weighted by atomic mass is 9.97. The lowest BCUT2D eigenvalue weighted by molar-refractivity contribution is 0.164. The van der Waals surface area contributed by atoms with Gasteiger partial charge >= 0.3 is 0 Å². The summed E-state index contributed by atoms with van der Waals surface area (Å²) in [6, 6.07) is 0. The summed E-state index contributed by atoms with van der Waals surface area (Å²) in [6.07, 6.45) is 2.39. The van der Waals surface area contributed by atoms with Crippen LogP contribution in [0.5, 0.6) is 0 Å². The molecule has 0 atom stereocenters. The van der Waals surface area contributed by atoms with Gasteiger partial charge in [0.25, 0.3) is 0 Å². The van der Waals surface area contributed by atoms with Crippen molar-refractivity contribution in [3.05, 3.63) is 17.3 Å². The van der Waals surface area contributed by atoms with E-state index in [-0.39, 0.29) is 5.54 Å². The summed E-state index contributed by atoms with van der Waals surface area (Å²) in [6.45, 7) is 14.4. The first kappa shape index (κ1) is 18.8. The summed E-state index contributed by atoms with van der Waals surface area (Å²) in [7, 11) is 1.82. The van der Waals surface area contributed by atoms with Crippen molar-refractivity contribution in [2.75, 3.05) is 26.7 Å². The molecule has 0 aromatic carbocycles. The highest BCUT2D eigenvalue weighted by atomic mass is 16.4. The van der Waals surface area contributed by atoms with E-state index in [4.69, 9.17) is 4.42 Å². The third kappa shape index (κ3) is 5.82. The molecule has 0 bridgehead atoms. The Morgan fingerprint density at radius 2 is 1.96 bits per heavy atom. The summed E-state index contributed by atoms with van der Waals surface area (Å²) >= 11 is 0. The number of hydrogen-bond donors (Lipinski definition) is 2. The Labute approximate surface area is 146 Å². The molecule has 2 rings (SSSR count). The van der Waals surface area contributed by atoms with Crippen molar-refractivity contribution < 1.29 is 4.42 Å². The molecule has 6 heteroatoms. The first-order valence-corrected chi connectivity index (χ1v) is 8.91. The largest absolute Gasteiger partial charge is 0.444 e. The Morgan fingerprint density at radius 3 is 2.46 bits per heavy atom. The van der Waals surface area contributed by atoms with E-state index in [1.807, 2.05) is 20.9 Å². The van der Waals surface area contributed by atoms with Gasteiger partial charge in [-0.3, -0.25) is 9.89 Å².